The molecular formula is C21H23NO4. The summed E-state index contributed by atoms with van der Waals surface area (Å²) in [5.41, 5.74) is 2.10. The molecule has 0 radical (unpaired) electrons. The second-order valence-corrected chi connectivity index (χ2v) is 7.11. The van der Waals surface area contributed by atoms with E-state index in [0.717, 1.165) is 30.6 Å². The normalized spacial score (nSPS) is 21.7. The zero-order valence-corrected chi connectivity index (χ0v) is 14.6. The molecule has 1 heterocycles. The Morgan fingerprint density at radius 2 is 1.85 bits per heavy atom. The van der Waals surface area contributed by atoms with Crippen LogP contribution in [-0.2, 0) is 17.6 Å². The predicted molar refractivity (Wildman–Crippen MR) is 97.1 cm³/mol. The van der Waals surface area contributed by atoms with Gasteiger partial charge in [0.1, 0.15) is 0 Å². The van der Waals surface area contributed by atoms with Crippen LogP contribution in [-0.4, -0.2) is 30.0 Å². The van der Waals surface area contributed by atoms with Gasteiger partial charge in [0.05, 0.1) is 12.5 Å². The number of hydrogen-bond acceptors (Lipinski definition) is 4. The summed E-state index contributed by atoms with van der Waals surface area (Å²) in [6.45, 7) is 0.230. The lowest BCUT2D eigenvalue weighted by Crippen LogP contribution is -2.48. The highest BCUT2D eigenvalue weighted by atomic mass is 16.7. The van der Waals surface area contributed by atoms with E-state index < -0.39 is 0 Å². The molecule has 2 aromatic carbocycles. The Morgan fingerprint density at radius 3 is 2.62 bits per heavy atom. The fourth-order valence-corrected chi connectivity index (χ4v) is 3.66. The van der Waals surface area contributed by atoms with Crippen LogP contribution in [0.1, 0.15) is 24.0 Å². The number of aliphatic hydroxyl groups is 1. The second-order valence-electron chi connectivity index (χ2n) is 7.11. The van der Waals surface area contributed by atoms with Crippen molar-refractivity contribution in [2.75, 3.05) is 6.79 Å². The average molecular weight is 353 g/mol. The minimum Gasteiger partial charge on any atom is -0.454 e. The van der Waals surface area contributed by atoms with Crippen molar-refractivity contribution in [3.63, 3.8) is 0 Å². The fourth-order valence-electron chi connectivity index (χ4n) is 3.66. The van der Waals surface area contributed by atoms with Crippen molar-refractivity contribution in [3.8, 4) is 11.5 Å². The average Bonchev–Trinajstić information content (AvgIpc) is 3.07. The standard InChI is InChI=1S/C21H23NO4/c23-17-11-16(12-17)18(8-14-4-2-1-3-5-14)22-21(24)10-15-6-7-19-20(9-15)26-13-25-19/h1-7,9,16-18,23H,8,10-13H2,(H,22,24)/t16?,17?,18-/m1/s1. The lowest BCUT2D eigenvalue weighted by Gasteiger charge is -2.38. The zero-order chi connectivity index (χ0) is 17.9. The quantitative estimate of drug-likeness (QED) is 0.837. The van der Waals surface area contributed by atoms with Gasteiger partial charge in [0.15, 0.2) is 11.5 Å². The van der Waals surface area contributed by atoms with E-state index in [-0.39, 0.29) is 24.8 Å². The van der Waals surface area contributed by atoms with Crippen molar-refractivity contribution >= 4 is 5.91 Å². The van der Waals surface area contributed by atoms with E-state index in [1.54, 1.807) is 0 Å². The molecule has 1 fully saturated rings. The smallest absolute Gasteiger partial charge is 0.231 e. The molecule has 0 bridgehead atoms. The molecule has 136 valence electrons. The van der Waals surface area contributed by atoms with Crippen LogP contribution in [0.15, 0.2) is 48.5 Å². The van der Waals surface area contributed by atoms with Gasteiger partial charge in [-0.15, -0.1) is 0 Å². The Kier molecular flexibility index (Phi) is 4.80. The zero-order valence-electron chi connectivity index (χ0n) is 14.6. The topological polar surface area (TPSA) is 67.8 Å². The minimum atomic E-state index is -0.232. The molecule has 0 spiro atoms. The Labute approximate surface area is 152 Å². The summed E-state index contributed by atoms with van der Waals surface area (Å²) < 4.78 is 10.7. The second kappa shape index (κ2) is 7.38. The molecule has 26 heavy (non-hydrogen) atoms. The van der Waals surface area contributed by atoms with Crippen LogP contribution < -0.4 is 14.8 Å². The molecule has 2 aromatic rings. The first-order valence-electron chi connectivity index (χ1n) is 9.07. The monoisotopic (exact) mass is 353 g/mol. The Hall–Kier alpha value is -2.53. The number of benzene rings is 2. The maximum Gasteiger partial charge on any atom is 0.231 e. The Morgan fingerprint density at radius 1 is 1.08 bits per heavy atom. The molecule has 1 aliphatic heterocycles. The summed E-state index contributed by atoms with van der Waals surface area (Å²) in [4.78, 5) is 12.6. The number of hydrogen-bond donors (Lipinski definition) is 2. The third-order valence-corrected chi connectivity index (χ3v) is 5.17. The largest absolute Gasteiger partial charge is 0.454 e. The third kappa shape index (κ3) is 3.83. The molecule has 4 rings (SSSR count). The number of carbonyl (C=O) groups is 1. The first-order valence-corrected chi connectivity index (χ1v) is 9.07. The molecule has 2 N–H and O–H groups in total. The van der Waals surface area contributed by atoms with Crippen molar-refractivity contribution in [3.05, 3.63) is 59.7 Å². The van der Waals surface area contributed by atoms with E-state index in [2.05, 4.69) is 17.4 Å². The van der Waals surface area contributed by atoms with Crippen LogP contribution in [0.2, 0.25) is 0 Å². The summed E-state index contributed by atoms with van der Waals surface area (Å²) in [5, 5.41) is 12.8. The number of amides is 1. The van der Waals surface area contributed by atoms with Crippen molar-refractivity contribution < 1.29 is 19.4 Å². The van der Waals surface area contributed by atoms with Gasteiger partial charge in [-0.2, -0.15) is 0 Å². The predicted octanol–water partition coefficient (Wildman–Crippen LogP) is 2.46. The SMILES string of the molecule is O=C(Cc1ccc2c(c1)OCO2)N[C@H](Cc1ccccc1)C1CC(O)C1. The number of aliphatic hydroxyl groups excluding tert-OH is 1. The van der Waals surface area contributed by atoms with Gasteiger partial charge < -0.3 is 19.9 Å². The molecule has 0 saturated heterocycles. The number of carbonyl (C=O) groups excluding carboxylic acids is 1. The van der Waals surface area contributed by atoms with Gasteiger partial charge in [-0.3, -0.25) is 4.79 Å². The van der Waals surface area contributed by atoms with E-state index >= 15 is 0 Å². The maximum atomic E-state index is 12.6. The van der Waals surface area contributed by atoms with Crippen molar-refractivity contribution in [2.24, 2.45) is 5.92 Å². The van der Waals surface area contributed by atoms with Crippen LogP contribution in [0, 0.1) is 5.92 Å². The van der Waals surface area contributed by atoms with E-state index in [0.29, 0.717) is 18.1 Å². The maximum absolute atomic E-state index is 12.6. The highest BCUT2D eigenvalue weighted by Gasteiger charge is 2.34. The van der Waals surface area contributed by atoms with Gasteiger partial charge in [0.25, 0.3) is 0 Å². The summed E-state index contributed by atoms with van der Waals surface area (Å²) in [7, 11) is 0. The van der Waals surface area contributed by atoms with Crippen LogP contribution >= 0.6 is 0 Å². The van der Waals surface area contributed by atoms with Gasteiger partial charge >= 0.3 is 0 Å². The molecule has 5 nitrogen and oxygen atoms in total. The van der Waals surface area contributed by atoms with Gasteiger partial charge in [-0.25, -0.2) is 0 Å². The number of rotatable bonds is 6. The summed E-state index contributed by atoms with van der Waals surface area (Å²) >= 11 is 0. The Balaban J connectivity index is 1.40. The van der Waals surface area contributed by atoms with Crippen molar-refractivity contribution in [1.29, 1.82) is 0 Å². The third-order valence-electron chi connectivity index (χ3n) is 5.17. The molecule has 1 amide bonds. The highest BCUT2D eigenvalue weighted by Crippen LogP contribution is 2.33. The first kappa shape index (κ1) is 16.9. The molecular weight excluding hydrogens is 330 g/mol. The van der Waals surface area contributed by atoms with E-state index in [9.17, 15) is 9.90 Å². The number of nitrogens with one attached hydrogen (secondary N) is 1. The highest BCUT2D eigenvalue weighted by molar-refractivity contribution is 5.79. The fraction of sp³-hybridized carbons (Fsp3) is 0.381. The van der Waals surface area contributed by atoms with Gasteiger partial charge in [0.2, 0.25) is 12.7 Å². The molecule has 0 aromatic heterocycles. The van der Waals surface area contributed by atoms with Gasteiger partial charge in [-0.05, 0) is 48.4 Å². The molecule has 0 unspecified atom stereocenters. The van der Waals surface area contributed by atoms with E-state index in [1.807, 2.05) is 36.4 Å². The number of ether oxygens (including phenoxy) is 2. The van der Waals surface area contributed by atoms with E-state index in [4.69, 9.17) is 9.47 Å². The molecule has 5 heteroatoms. The van der Waals surface area contributed by atoms with Crippen molar-refractivity contribution in [1.82, 2.24) is 5.32 Å². The lowest BCUT2D eigenvalue weighted by molar-refractivity contribution is -0.122. The van der Waals surface area contributed by atoms with Crippen molar-refractivity contribution in [2.45, 2.75) is 37.8 Å². The van der Waals surface area contributed by atoms with Crippen LogP contribution in [0.25, 0.3) is 0 Å². The molecule has 1 saturated carbocycles. The lowest BCUT2D eigenvalue weighted by atomic mass is 9.75. The van der Waals surface area contributed by atoms with Crippen LogP contribution in [0.4, 0.5) is 0 Å². The Bertz CT molecular complexity index is 771. The molecule has 2 aliphatic rings. The summed E-state index contributed by atoms with van der Waals surface area (Å²) in [6, 6.07) is 15.8. The molecule has 1 atom stereocenters. The van der Waals surface area contributed by atoms with Gasteiger partial charge in [-0.1, -0.05) is 36.4 Å². The van der Waals surface area contributed by atoms with Gasteiger partial charge in [0, 0.05) is 6.04 Å². The first-order chi connectivity index (χ1) is 12.7. The summed E-state index contributed by atoms with van der Waals surface area (Å²) in [5.74, 6) is 1.73. The number of fused-ring (bicyclic) bond motifs is 1. The van der Waals surface area contributed by atoms with E-state index in [1.165, 1.54) is 5.56 Å². The van der Waals surface area contributed by atoms with Crippen LogP contribution in [0.5, 0.6) is 11.5 Å². The van der Waals surface area contributed by atoms with Crippen LogP contribution in [0.3, 0.4) is 0 Å². The molecule has 1 aliphatic carbocycles. The minimum absolute atomic E-state index is 0.00816. The summed E-state index contributed by atoms with van der Waals surface area (Å²) in [6.07, 6.45) is 2.36.